The average Bonchev–Trinajstić information content (AvgIpc) is 3.35. The van der Waals surface area contributed by atoms with Crippen LogP contribution in [0.4, 0.5) is 0 Å². The fourth-order valence-corrected chi connectivity index (χ4v) is 6.99. The molecule has 0 aromatic heterocycles. The number of carbonyl (C=O) groups is 3. The van der Waals surface area contributed by atoms with Crippen LogP contribution < -0.4 is 0 Å². The molecule has 12 heteroatoms. The van der Waals surface area contributed by atoms with Gasteiger partial charge in [0.1, 0.15) is 12.7 Å². The number of phosphoric acid groups is 1. The maximum atomic E-state index is 12.8. The number of aliphatic hydroxyl groups is 1. The van der Waals surface area contributed by atoms with Crippen LogP contribution in [0.3, 0.4) is 0 Å². The lowest BCUT2D eigenvalue weighted by Crippen LogP contribution is -2.30. The van der Waals surface area contributed by atoms with Crippen molar-refractivity contribution in [3.8, 4) is 0 Å². The number of carbonyl (C=O) groups excluding carboxylic acids is 3. The Morgan fingerprint density at radius 2 is 0.800 bits per heavy atom. The lowest BCUT2D eigenvalue weighted by atomic mass is 10.1. The smallest absolute Gasteiger partial charge is 0.461 e. The highest BCUT2D eigenvalue weighted by Crippen LogP contribution is 2.43. The predicted molar refractivity (Wildman–Crippen MR) is 288 cm³/mol. The normalized spacial score (nSPS) is 14.5. The van der Waals surface area contributed by atoms with Crippen LogP contribution >= 0.6 is 7.82 Å². The molecule has 0 aliphatic carbocycles. The summed E-state index contributed by atoms with van der Waals surface area (Å²) in [6, 6.07) is 0. The quantitative estimate of drug-likeness (QED) is 0.0197. The summed E-state index contributed by atoms with van der Waals surface area (Å²) in [6.45, 7) is 4.12. The molecule has 3 unspecified atom stereocenters. The summed E-state index contributed by atoms with van der Waals surface area (Å²) in [4.78, 5) is 48.2. The number of hydrogen-bond acceptors (Lipinski definition) is 10. The second-order valence-electron chi connectivity index (χ2n) is 16.6. The number of allylic oxidation sites excluding steroid dienone is 20. The molecule has 0 aliphatic heterocycles. The van der Waals surface area contributed by atoms with E-state index in [1.807, 2.05) is 36.5 Å². The lowest BCUT2D eigenvalue weighted by molar-refractivity contribution is -0.160. The summed E-state index contributed by atoms with van der Waals surface area (Å²) in [5.41, 5.74) is 0. The second-order valence-corrected chi connectivity index (χ2v) is 18.1. The zero-order chi connectivity index (χ0) is 51.3. The van der Waals surface area contributed by atoms with Crippen LogP contribution in [0.2, 0.25) is 0 Å². The molecule has 0 radical (unpaired) electrons. The van der Waals surface area contributed by atoms with Crippen molar-refractivity contribution in [2.75, 3.05) is 26.4 Å². The number of phosphoric ester groups is 1. The Kier molecular flexibility index (Phi) is 47.8. The van der Waals surface area contributed by atoms with Gasteiger partial charge in [0.25, 0.3) is 0 Å². The van der Waals surface area contributed by atoms with Crippen LogP contribution in [-0.2, 0) is 42.2 Å². The Hall–Kier alpha value is -4.38. The number of hydrogen-bond donors (Lipinski definition) is 2. The monoisotopic (exact) mass is 995 g/mol. The minimum absolute atomic E-state index is 0.0326. The highest BCUT2D eigenvalue weighted by atomic mass is 31.2. The van der Waals surface area contributed by atoms with Crippen molar-refractivity contribution in [2.45, 2.75) is 187 Å². The molecule has 394 valence electrons. The van der Waals surface area contributed by atoms with Gasteiger partial charge in [-0.25, -0.2) is 4.57 Å². The van der Waals surface area contributed by atoms with Gasteiger partial charge in [0, 0.05) is 6.42 Å². The van der Waals surface area contributed by atoms with Gasteiger partial charge in [-0.2, -0.15) is 0 Å². The van der Waals surface area contributed by atoms with Gasteiger partial charge in [-0.15, -0.1) is 0 Å². The molecule has 0 aromatic rings. The molecule has 0 fully saturated rings. The van der Waals surface area contributed by atoms with Gasteiger partial charge in [0.2, 0.25) is 0 Å². The second kappa shape index (κ2) is 51.0. The zero-order valence-electron chi connectivity index (χ0n) is 43.2. The fraction of sp³-hybridized carbons (Fsp3) is 0.569. The van der Waals surface area contributed by atoms with Crippen molar-refractivity contribution in [3.63, 3.8) is 0 Å². The SMILES string of the molecule is CC/C=C\C/C=C\C/C=C\C/C=C\C/C=C\CC(=O)OCC(COP(=O)(O)OCC(CO)OC(=O)CCCCCCC/C=C\CCCCCC)OC(=O)C/C=C\C/C=C\C/C=C\C/C=C\C/C=C\CC. The molecule has 0 bridgehead atoms. The number of esters is 3. The Labute approximate surface area is 423 Å². The molecule has 0 aliphatic rings. The van der Waals surface area contributed by atoms with Crippen molar-refractivity contribution in [1.29, 1.82) is 0 Å². The minimum Gasteiger partial charge on any atom is -0.461 e. The first-order valence-corrected chi connectivity index (χ1v) is 27.6. The van der Waals surface area contributed by atoms with Crippen LogP contribution in [0.15, 0.2) is 134 Å². The number of aliphatic hydroxyl groups excluding tert-OH is 1. The summed E-state index contributed by atoms with van der Waals surface area (Å²) in [7, 11) is -4.80. The molecular weight excluding hydrogens is 904 g/mol. The molecule has 0 heterocycles. The van der Waals surface area contributed by atoms with E-state index in [0.717, 1.165) is 89.9 Å². The van der Waals surface area contributed by atoms with E-state index in [-0.39, 0.29) is 19.3 Å². The Morgan fingerprint density at radius 3 is 1.24 bits per heavy atom. The number of ether oxygens (including phenoxy) is 3. The molecule has 0 aromatic carbocycles. The van der Waals surface area contributed by atoms with Gasteiger partial charge in [0.05, 0.1) is 32.7 Å². The zero-order valence-corrected chi connectivity index (χ0v) is 44.1. The van der Waals surface area contributed by atoms with Crippen molar-refractivity contribution >= 4 is 25.7 Å². The van der Waals surface area contributed by atoms with E-state index >= 15 is 0 Å². The first kappa shape index (κ1) is 65.6. The van der Waals surface area contributed by atoms with Crippen molar-refractivity contribution in [2.24, 2.45) is 0 Å². The molecule has 0 saturated carbocycles. The summed E-state index contributed by atoms with van der Waals surface area (Å²) in [6.07, 6.45) is 63.4. The number of rotatable bonds is 46. The summed E-state index contributed by atoms with van der Waals surface area (Å²) in [5, 5.41) is 9.77. The van der Waals surface area contributed by atoms with Crippen molar-refractivity contribution in [3.05, 3.63) is 134 Å². The third kappa shape index (κ3) is 48.6. The van der Waals surface area contributed by atoms with Gasteiger partial charge in [-0.1, -0.05) is 193 Å². The highest BCUT2D eigenvalue weighted by molar-refractivity contribution is 7.47. The van der Waals surface area contributed by atoms with E-state index in [9.17, 15) is 28.9 Å². The first-order valence-electron chi connectivity index (χ1n) is 26.1. The van der Waals surface area contributed by atoms with Gasteiger partial charge >= 0.3 is 25.7 Å². The Bertz CT molecular complexity index is 1680. The van der Waals surface area contributed by atoms with E-state index < -0.39 is 64.4 Å². The third-order valence-corrected chi connectivity index (χ3v) is 11.1. The minimum atomic E-state index is -4.80. The van der Waals surface area contributed by atoms with Crippen LogP contribution in [0.1, 0.15) is 175 Å². The maximum Gasteiger partial charge on any atom is 0.472 e. The molecule has 0 saturated heterocycles. The van der Waals surface area contributed by atoms with Gasteiger partial charge < -0.3 is 24.2 Å². The molecule has 0 rings (SSSR count). The maximum absolute atomic E-state index is 12.8. The van der Waals surface area contributed by atoms with Crippen LogP contribution in [0.25, 0.3) is 0 Å². The summed E-state index contributed by atoms with van der Waals surface area (Å²) >= 11 is 0. The van der Waals surface area contributed by atoms with E-state index in [4.69, 9.17) is 23.3 Å². The summed E-state index contributed by atoms with van der Waals surface area (Å²) < 4.78 is 39.1. The molecule has 3 atom stereocenters. The Balaban J connectivity index is 5.00. The topological polar surface area (TPSA) is 155 Å². The fourth-order valence-electron chi connectivity index (χ4n) is 6.20. The van der Waals surface area contributed by atoms with Crippen LogP contribution in [0, 0.1) is 0 Å². The number of unbranched alkanes of at least 4 members (excludes halogenated alkanes) is 9. The highest BCUT2D eigenvalue weighted by Gasteiger charge is 2.28. The van der Waals surface area contributed by atoms with Crippen LogP contribution in [-0.4, -0.2) is 66.5 Å². The van der Waals surface area contributed by atoms with Gasteiger partial charge in [-0.3, -0.25) is 23.4 Å². The molecule has 70 heavy (non-hydrogen) atoms. The first-order chi connectivity index (χ1) is 34.2. The van der Waals surface area contributed by atoms with Gasteiger partial charge in [0.15, 0.2) is 6.10 Å². The molecular formula is C58H91O11P. The van der Waals surface area contributed by atoms with Crippen molar-refractivity contribution < 1.29 is 52.2 Å². The predicted octanol–water partition coefficient (Wildman–Crippen LogP) is 15.0. The third-order valence-electron chi connectivity index (χ3n) is 10.1. The van der Waals surface area contributed by atoms with Gasteiger partial charge in [-0.05, 0) is 96.3 Å². The lowest BCUT2D eigenvalue weighted by Gasteiger charge is -2.21. The standard InChI is InChI=1S/C58H91O11P/c1-4-7-10-13-16-19-22-25-27-30-32-35-38-41-44-47-56(60)65-51-55(69-58(62)49-46-43-40-37-34-31-28-26-23-20-17-14-11-8-5-2)53-67-70(63,64)66-52-54(50-59)68-57(61)48-45-42-39-36-33-29-24-21-18-15-12-9-6-3/h7-8,10-11,16-17,19-21,24-28,32,34-35,37,41,43-44,46,54-55,59H,4-6,9,12-15,18,22-23,29-31,33,36,38-40,42,45,47-53H2,1-3H3,(H,63,64)/b10-7-,11-8-,19-16-,20-17-,24-21-,27-25-,28-26-,35-32-,37-34-,44-41-,46-43-. The van der Waals surface area contributed by atoms with E-state index in [2.05, 4.69) is 106 Å². The Morgan fingerprint density at radius 1 is 0.429 bits per heavy atom. The van der Waals surface area contributed by atoms with E-state index in [1.165, 1.54) is 25.7 Å². The van der Waals surface area contributed by atoms with Crippen LogP contribution in [0.5, 0.6) is 0 Å². The average molecular weight is 995 g/mol. The van der Waals surface area contributed by atoms with E-state index in [0.29, 0.717) is 19.3 Å². The molecule has 11 nitrogen and oxygen atoms in total. The van der Waals surface area contributed by atoms with Crippen molar-refractivity contribution in [1.82, 2.24) is 0 Å². The molecule has 0 amide bonds. The largest absolute Gasteiger partial charge is 0.472 e. The van der Waals surface area contributed by atoms with E-state index in [1.54, 1.807) is 12.2 Å². The molecule has 2 N–H and O–H groups in total. The molecule has 0 spiro atoms. The summed E-state index contributed by atoms with van der Waals surface area (Å²) in [5.74, 6) is -1.80.